The molecular weight excluding hydrogens is 228 g/mol. The molecular formula is C14H20N2O2. The van der Waals surface area contributed by atoms with E-state index in [1.165, 1.54) is 5.56 Å². The third kappa shape index (κ3) is 3.00. The molecule has 18 heavy (non-hydrogen) atoms. The average molecular weight is 248 g/mol. The number of ether oxygens (including phenoxy) is 1. The molecule has 1 fully saturated rings. The minimum Gasteiger partial charge on any atom is -0.444 e. The molecule has 0 unspecified atom stereocenters. The minimum atomic E-state index is -0.423. The van der Waals surface area contributed by atoms with Crippen molar-refractivity contribution < 1.29 is 9.53 Å². The number of likely N-dealkylation sites (tertiary alicyclic amines) is 1. The summed E-state index contributed by atoms with van der Waals surface area (Å²) in [5, 5.41) is 0. The van der Waals surface area contributed by atoms with Crippen LogP contribution in [0.2, 0.25) is 0 Å². The molecule has 0 spiro atoms. The van der Waals surface area contributed by atoms with Crippen LogP contribution in [0.25, 0.3) is 0 Å². The minimum absolute atomic E-state index is 0.223. The zero-order valence-corrected chi connectivity index (χ0v) is 11.4. The highest BCUT2D eigenvalue weighted by atomic mass is 16.6. The summed E-state index contributed by atoms with van der Waals surface area (Å²) in [5.74, 6) is 0.394. The van der Waals surface area contributed by atoms with Crippen LogP contribution < -0.4 is 0 Å². The van der Waals surface area contributed by atoms with Crippen LogP contribution in [0.4, 0.5) is 4.79 Å². The summed E-state index contributed by atoms with van der Waals surface area (Å²) in [6.07, 6.45) is 1.67. The molecule has 0 N–H and O–H groups in total. The molecule has 0 bridgehead atoms. The monoisotopic (exact) mass is 248 g/mol. The number of amides is 1. The van der Waals surface area contributed by atoms with Gasteiger partial charge in [-0.25, -0.2) is 4.79 Å². The first kappa shape index (κ1) is 12.9. The maximum absolute atomic E-state index is 11.8. The van der Waals surface area contributed by atoms with E-state index in [1.807, 2.05) is 40.0 Å². The largest absolute Gasteiger partial charge is 0.444 e. The van der Waals surface area contributed by atoms with Gasteiger partial charge in [0.15, 0.2) is 0 Å². The van der Waals surface area contributed by atoms with E-state index in [9.17, 15) is 4.79 Å². The van der Waals surface area contributed by atoms with Crippen LogP contribution >= 0.6 is 0 Å². The van der Waals surface area contributed by atoms with Crippen molar-refractivity contribution in [2.24, 2.45) is 0 Å². The molecule has 4 nitrogen and oxygen atoms in total. The molecule has 1 aliphatic heterocycles. The Morgan fingerprint density at radius 3 is 2.56 bits per heavy atom. The van der Waals surface area contributed by atoms with Gasteiger partial charge in [-0.15, -0.1) is 0 Å². The van der Waals surface area contributed by atoms with Crippen molar-refractivity contribution in [2.45, 2.75) is 39.2 Å². The van der Waals surface area contributed by atoms with Crippen LogP contribution in [0, 0.1) is 6.92 Å². The number of carbonyl (C=O) groups excluding carboxylic acids is 1. The molecule has 1 amide bonds. The van der Waals surface area contributed by atoms with E-state index in [2.05, 4.69) is 11.1 Å². The number of pyridine rings is 1. The van der Waals surface area contributed by atoms with Gasteiger partial charge < -0.3 is 9.64 Å². The van der Waals surface area contributed by atoms with E-state index in [0.717, 1.165) is 18.8 Å². The Hall–Kier alpha value is -1.58. The molecule has 4 heteroatoms. The molecule has 2 rings (SSSR count). The summed E-state index contributed by atoms with van der Waals surface area (Å²) in [4.78, 5) is 17.8. The van der Waals surface area contributed by atoms with Gasteiger partial charge in [0.05, 0.1) is 0 Å². The fraction of sp³-hybridized carbons (Fsp3) is 0.571. The normalized spacial score (nSPS) is 16.3. The molecule has 0 saturated carbocycles. The Morgan fingerprint density at radius 1 is 1.39 bits per heavy atom. The van der Waals surface area contributed by atoms with Gasteiger partial charge in [-0.2, -0.15) is 0 Å². The lowest BCUT2D eigenvalue weighted by molar-refractivity contribution is 0.00817. The lowest BCUT2D eigenvalue weighted by Crippen LogP contribution is -2.50. The van der Waals surface area contributed by atoms with Gasteiger partial charge in [-0.3, -0.25) is 4.98 Å². The molecule has 1 aromatic rings. The molecule has 2 heterocycles. The predicted molar refractivity (Wildman–Crippen MR) is 69.5 cm³/mol. The Labute approximate surface area is 108 Å². The predicted octanol–water partition coefficient (Wildman–Crippen LogP) is 2.72. The molecule has 0 atom stereocenters. The van der Waals surface area contributed by atoms with Gasteiger partial charge in [0.25, 0.3) is 0 Å². The van der Waals surface area contributed by atoms with Gasteiger partial charge in [-0.1, -0.05) is 6.07 Å². The number of aryl methyl sites for hydroxylation is 1. The summed E-state index contributed by atoms with van der Waals surface area (Å²) in [5.41, 5.74) is 1.79. The van der Waals surface area contributed by atoms with Crippen molar-refractivity contribution in [2.75, 3.05) is 13.1 Å². The highest BCUT2D eigenvalue weighted by Gasteiger charge is 2.34. The van der Waals surface area contributed by atoms with Crippen LogP contribution in [-0.2, 0) is 4.74 Å². The van der Waals surface area contributed by atoms with Gasteiger partial charge in [0.2, 0.25) is 0 Å². The highest BCUT2D eigenvalue weighted by molar-refractivity contribution is 5.69. The number of carbonyl (C=O) groups is 1. The molecule has 0 aromatic carbocycles. The number of rotatable bonds is 1. The summed E-state index contributed by atoms with van der Waals surface area (Å²) < 4.78 is 5.32. The zero-order valence-electron chi connectivity index (χ0n) is 11.4. The van der Waals surface area contributed by atoms with Crippen LogP contribution in [0.15, 0.2) is 18.3 Å². The Balaban J connectivity index is 1.87. The third-order valence-corrected chi connectivity index (χ3v) is 2.94. The molecule has 98 valence electrons. The van der Waals surface area contributed by atoms with Crippen LogP contribution in [0.3, 0.4) is 0 Å². The van der Waals surface area contributed by atoms with Crippen LogP contribution in [0.5, 0.6) is 0 Å². The van der Waals surface area contributed by atoms with Crippen LogP contribution in [-0.4, -0.2) is 34.7 Å². The van der Waals surface area contributed by atoms with Crippen molar-refractivity contribution in [3.63, 3.8) is 0 Å². The first-order chi connectivity index (χ1) is 8.35. The fourth-order valence-corrected chi connectivity index (χ4v) is 1.89. The van der Waals surface area contributed by atoms with Crippen molar-refractivity contribution in [3.05, 3.63) is 29.6 Å². The number of nitrogens with zero attached hydrogens (tertiary/aromatic N) is 2. The SMILES string of the molecule is Cc1ccc(C2CN(C(=O)OC(C)(C)C)C2)cn1. The summed E-state index contributed by atoms with van der Waals surface area (Å²) in [7, 11) is 0. The van der Waals surface area contributed by atoms with E-state index in [-0.39, 0.29) is 6.09 Å². The first-order valence-corrected chi connectivity index (χ1v) is 6.25. The van der Waals surface area contributed by atoms with Crippen molar-refractivity contribution in [1.29, 1.82) is 0 Å². The molecule has 0 radical (unpaired) electrons. The quantitative estimate of drug-likeness (QED) is 0.767. The van der Waals surface area contributed by atoms with E-state index >= 15 is 0 Å². The van der Waals surface area contributed by atoms with Crippen molar-refractivity contribution >= 4 is 6.09 Å². The summed E-state index contributed by atoms with van der Waals surface area (Å²) >= 11 is 0. The molecule has 1 aromatic heterocycles. The lowest BCUT2D eigenvalue weighted by atomic mass is 9.93. The topological polar surface area (TPSA) is 42.4 Å². The van der Waals surface area contributed by atoms with Crippen molar-refractivity contribution in [3.8, 4) is 0 Å². The zero-order chi connectivity index (χ0) is 13.3. The number of hydrogen-bond donors (Lipinski definition) is 0. The second kappa shape index (κ2) is 4.59. The second-order valence-electron chi connectivity index (χ2n) is 5.82. The first-order valence-electron chi connectivity index (χ1n) is 6.25. The Morgan fingerprint density at radius 2 is 2.06 bits per heavy atom. The van der Waals surface area contributed by atoms with Crippen LogP contribution in [0.1, 0.15) is 37.9 Å². The maximum Gasteiger partial charge on any atom is 0.410 e. The fourth-order valence-electron chi connectivity index (χ4n) is 1.89. The highest BCUT2D eigenvalue weighted by Crippen LogP contribution is 2.27. The second-order valence-corrected chi connectivity index (χ2v) is 5.82. The number of hydrogen-bond acceptors (Lipinski definition) is 3. The number of aromatic nitrogens is 1. The molecule has 1 saturated heterocycles. The maximum atomic E-state index is 11.8. The van der Waals surface area contributed by atoms with E-state index in [4.69, 9.17) is 4.74 Å². The smallest absolute Gasteiger partial charge is 0.410 e. The molecule has 0 aliphatic carbocycles. The van der Waals surface area contributed by atoms with Gasteiger partial charge in [-0.05, 0) is 39.3 Å². The Bertz CT molecular complexity index is 428. The van der Waals surface area contributed by atoms with Crippen molar-refractivity contribution in [1.82, 2.24) is 9.88 Å². The average Bonchev–Trinajstić information content (AvgIpc) is 2.15. The van der Waals surface area contributed by atoms with Gasteiger partial charge in [0.1, 0.15) is 5.60 Å². The van der Waals surface area contributed by atoms with E-state index in [1.54, 1.807) is 4.90 Å². The summed E-state index contributed by atoms with van der Waals surface area (Å²) in [6.45, 7) is 9.06. The van der Waals surface area contributed by atoms with Gasteiger partial charge >= 0.3 is 6.09 Å². The lowest BCUT2D eigenvalue weighted by Gasteiger charge is -2.39. The standard InChI is InChI=1S/C14H20N2O2/c1-10-5-6-11(7-15-10)12-8-16(9-12)13(17)18-14(2,3)4/h5-7,12H,8-9H2,1-4H3. The molecule has 1 aliphatic rings. The Kier molecular flexibility index (Phi) is 3.28. The van der Waals surface area contributed by atoms with E-state index in [0.29, 0.717) is 5.92 Å². The third-order valence-electron chi connectivity index (χ3n) is 2.94. The van der Waals surface area contributed by atoms with E-state index < -0.39 is 5.60 Å². The van der Waals surface area contributed by atoms with Gasteiger partial charge in [0, 0.05) is 30.9 Å². The summed E-state index contributed by atoms with van der Waals surface area (Å²) in [6, 6.07) is 4.09.